The fourth-order valence-electron chi connectivity index (χ4n) is 3.50. The summed E-state index contributed by atoms with van der Waals surface area (Å²) in [5.41, 5.74) is 1.52. The molecular formula is C27H22N4O6. The number of non-ortho nitro benzene ring substituents is 1. The first-order chi connectivity index (χ1) is 17.9. The smallest absolute Gasteiger partial charge is 0.336 e. The largest absolute Gasteiger partial charge is 0.493 e. The number of ether oxygens (including phenoxy) is 2. The zero-order valence-electron chi connectivity index (χ0n) is 20.0. The van der Waals surface area contributed by atoms with E-state index in [9.17, 15) is 19.7 Å². The van der Waals surface area contributed by atoms with E-state index in [1.54, 1.807) is 36.4 Å². The number of carbonyl (C=O) groups is 1. The number of fused-ring (bicyclic) bond motifs is 1. The van der Waals surface area contributed by atoms with Crippen LogP contribution in [-0.4, -0.2) is 33.9 Å². The van der Waals surface area contributed by atoms with Crippen LogP contribution in [0.1, 0.15) is 23.9 Å². The summed E-state index contributed by atoms with van der Waals surface area (Å²) < 4.78 is 12.0. The molecule has 37 heavy (non-hydrogen) atoms. The van der Waals surface area contributed by atoms with Crippen LogP contribution in [0.3, 0.4) is 0 Å². The van der Waals surface area contributed by atoms with Gasteiger partial charge in [-0.2, -0.15) is 9.78 Å². The summed E-state index contributed by atoms with van der Waals surface area (Å²) in [6.45, 7) is 1.89. The highest BCUT2D eigenvalue weighted by atomic mass is 16.6. The van der Waals surface area contributed by atoms with E-state index in [2.05, 4.69) is 10.1 Å². The number of methoxy groups -OCH3 is 1. The summed E-state index contributed by atoms with van der Waals surface area (Å²) >= 11 is 0. The third-order valence-corrected chi connectivity index (χ3v) is 5.37. The quantitative estimate of drug-likeness (QED) is 0.0881. The van der Waals surface area contributed by atoms with Crippen LogP contribution >= 0.6 is 0 Å². The number of aromatic nitrogens is 2. The SMILES string of the molecule is CCc1nc2ccccc2c(=O)n1N=Cc1ccc(OC(=O)/C=C/c2ccc([N+](=O)[O-])cc2)c(OC)c1. The molecule has 10 heteroatoms. The molecule has 0 aliphatic heterocycles. The Morgan fingerprint density at radius 2 is 1.81 bits per heavy atom. The average Bonchev–Trinajstić information content (AvgIpc) is 2.92. The fraction of sp³-hybridized carbons (Fsp3) is 0.111. The van der Waals surface area contributed by atoms with Gasteiger partial charge < -0.3 is 9.47 Å². The Kier molecular flexibility index (Phi) is 7.48. The minimum Gasteiger partial charge on any atom is -0.493 e. The molecule has 1 aromatic heterocycles. The fourth-order valence-corrected chi connectivity index (χ4v) is 3.50. The van der Waals surface area contributed by atoms with Crippen molar-refractivity contribution in [2.75, 3.05) is 7.11 Å². The van der Waals surface area contributed by atoms with Gasteiger partial charge in [0.1, 0.15) is 5.82 Å². The topological polar surface area (TPSA) is 126 Å². The molecule has 0 N–H and O–H groups in total. The molecule has 0 radical (unpaired) electrons. The number of nitro benzene ring substituents is 1. The molecule has 10 nitrogen and oxygen atoms in total. The Labute approximate surface area is 211 Å². The lowest BCUT2D eigenvalue weighted by Gasteiger charge is -2.09. The standard InChI is InChI=1S/C27H22N4O6/c1-3-25-29-22-7-5-4-6-21(22)27(33)30(25)28-17-19-10-14-23(24(16-19)36-2)37-26(32)15-11-18-8-12-20(13-9-18)31(34)35/h4-17H,3H2,1-2H3/b15-11+,28-17?. The molecule has 186 valence electrons. The minimum atomic E-state index is -0.653. The molecule has 0 saturated heterocycles. The summed E-state index contributed by atoms with van der Waals surface area (Å²) in [5.74, 6) is 0.356. The second-order valence-electron chi connectivity index (χ2n) is 7.77. The van der Waals surface area contributed by atoms with Crippen LogP contribution in [0.4, 0.5) is 5.69 Å². The zero-order valence-corrected chi connectivity index (χ0v) is 20.0. The second kappa shape index (κ2) is 11.1. The van der Waals surface area contributed by atoms with Crippen LogP contribution in [0.25, 0.3) is 17.0 Å². The van der Waals surface area contributed by atoms with Crippen molar-refractivity contribution in [2.45, 2.75) is 13.3 Å². The van der Waals surface area contributed by atoms with Gasteiger partial charge in [-0.05, 0) is 59.7 Å². The van der Waals surface area contributed by atoms with Crippen LogP contribution in [0.5, 0.6) is 11.5 Å². The number of hydrogen-bond donors (Lipinski definition) is 0. The zero-order chi connectivity index (χ0) is 26.4. The van der Waals surface area contributed by atoms with Gasteiger partial charge >= 0.3 is 5.97 Å². The first-order valence-electron chi connectivity index (χ1n) is 11.3. The summed E-state index contributed by atoms with van der Waals surface area (Å²) in [7, 11) is 1.44. The Balaban J connectivity index is 1.52. The molecular weight excluding hydrogens is 476 g/mol. The summed E-state index contributed by atoms with van der Waals surface area (Å²) in [6.07, 6.45) is 4.71. The van der Waals surface area contributed by atoms with Crippen molar-refractivity contribution in [2.24, 2.45) is 5.10 Å². The van der Waals surface area contributed by atoms with E-state index in [0.717, 1.165) is 0 Å². The lowest BCUT2D eigenvalue weighted by atomic mass is 10.2. The van der Waals surface area contributed by atoms with Crippen LogP contribution in [-0.2, 0) is 11.2 Å². The predicted octanol–water partition coefficient (Wildman–Crippen LogP) is 4.38. The Morgan fingerprint density at radius 3 is 2.51 bits per heavy atom. The van der Waals surface area contributed by atoms with E-state index >= 15 is 0 Å². The molecule has 0 bridgehead atoms. The molecule has 0 fully saturated rings. The van der Waals surface area contributed by atoms with Gasteiger partial charge in [0.25, 0.3) is 11.2 Å². The van der Waals surface area contributed by atoms with Crippen LogP contribution in [0.2, 0.25) is 0 Å². The lowest BCUT2D eigenvalue weighted by molar-refractivity contribution is -0.384. The molecule has 0 aliphatic rings. The van der Waals surface area contributed by atoms with Gasteiger partial charge in [-0.25, -0.2) is 9.78 Å². The summed E-state index contributed by atoms with van der Waals surface area (Å²) in [4.78, 5) is 40.0. The molecule has 0 unspecified atom stereocenters. The van der Waals surface area contributed by atoms with E-state index in [0.29, 0.717) is 40.0 Å². The lowest BCUT2D eigenvalue weighted by Crippen LogP contribution is -2.22. The Hall–Kier alpha value is -5.12. The van der Waals surface area contributed by atoms with Crippen LogP contribution < -0.4 is 15.0 Å². The second-order valence-corrected chi connectivity index (χ2v) is 7.77. The van der Waals surface area contributed by atoms with Crippen molar-refractivity contribution >= 4 is 34.9 Å². The van der Waals surface area contributed by atoms with Crippen molar-refractivity contribution in [3.05, 3.63) is 110 Å². The number of hydrogen-bond acceptors (Lipinski definition) is 8. The minimum absolute atomic E-state index is 0.0410. The average molecular weight is 498 g/mol. The normalized spacial score (nSPS) is 11.3. The van der Waals surface area contributed by atoms with Crippen LogP contribution in [0.15, 0.2) is 82.7 Å². The van der Waals surface area contributed by atoms with Crippen molar-refractivity contribution in [3.63, 3.8) is 0 Å². The number of nitro groups is 1. The van der Waals surface area contributed by atoms with Gasteiger partial charge in [0.2, 0.25) is 0 Å². The molecule has 0 saturated carbocycles. The highest BCUT2D eigenvalue weighted by molar-refractivity contribution is 5.89. The molecule has 4 rings (SSSR count). The first-order valence-corrected chi connectivity index (χ1v) is 11.3. The third kappa shape index (κ3) is 5.76. The van der Waals surface area contributed by atoms with E-state index in [1.165, 1.54) is 54.4 Å². The van der Waals surface area contributed by atoms with E-state index < -0.39 is 10.9 Å². The van der Waals surface area contributed by atoms with Gasteiger partial charge in [0.05, 0.1) is 29.2 Å². The number of benzene rings is 3. The number of nitrogens with zero attached hydrogens (tertiary/aromatic N) is 4. The van der Waals surface area contributed by atoms with Crippen molar-refractivity contribution < 1.29 is 19.2 Å². The molecule has 0 amide bonds. The Morgan fingerprint density at radius 1 is 1.08 bits per heavy atom. The van der Waals surface area contributed by atoms with E-state index in [4.69, 9.17) is 9.47 Å². The van der Waals surface area contributed by atoms with Gasteiger partial charge in [-0.3, -0.25) is 14.9 Å². The van der Waals surface area contributed by atoms with Crippen molar-refractivity contribution in [1.82, 2.24) is 9.66 Å². The summed E-state index contributed by atoms with van der Waals surface area (Å²) in [5, 5.41) is 15.6. The molecule has 4 aromatic rings. The third-order valence-electron chi connectivity index (χ3n) is 5.37. The molecule has 1 heterocycles. The van der Waals surface area contributed by atoms with Crippen molar-refractivity contribution in [1.29, 1.82) is 0 Å². The number of aryl methyl sites for hydroxylation is 1. The maximum Gasteiger partial charge on any atom is 0.336 e. The van der Waals surface area contributed by atoms with E-state index in [1.807, 2.05) is 13.0 Å². The number of rotatable bonds is 8. The molecule has 0 atom stereocenters. The van der Waals surface area contributed by atoms with Crippen LogP contribution in [0, 0.1) is 10.1 Å². The highest BCUT2D eigenvalue weighted by Gasteiger charge is 2.11. The van der Waals surface area contributed by atoms with Gasteiger partial charge in [-0.15, -0.1) is 0 Å². The molecule has 0 aliphatic carbocycles. The van der Waals surface area contributed by atoms with Gasteiger partial charge in [0.15, 0.2) is 11.5 Å². The molecule has 0 spiro atoms. The summed E-state index contributed by atoms with van der Waals surface area (Å²) in [6, 6.07) is 17.7. The highest BCUT2D eigenvalue weighted by Crippen LogP contribution is 2.28. The van der Waals surface area contributed by atoms with E-state index in [-0.39, 0.29) is 17.0 Å². The first kappa shape index (κ1) is 25.0. The van der Waals surface area contributed by atoms with Crippen molar-refractivity contribution in [3.8, 4) is 11.5 Å². The predicted molar refractivity (Wildman–Crippen MR) is 139 cm³/mol. The Bertz CT molecular complexity index is 1590. The number of carbonyl (C=O) groups excluding carboxylic acids is 1. The van der Waals surface area contributed by atoms with Gasteiger partial charge in [-0.1, -0.05) is 19.1 Å². The molecule has 3 aromatic carbocycles. The monoisotopic (exact) mass is 498 g/mol. The maximum absolute atomic E-state index is 12.9. The number of esters is 1. The maximum atomic E-state index is 12.9. The van der Waals surface area contributed by atoms with Gasteiger partial charge in [0, 0.05) is 24.6 Å². The number of para-hydroxylation sites is 1.